The number of rotatable bonds is 4. The molecule has 2 heterocycles. The highest BCUT2D eigenvalue weighted by atomic mass is 32.1. The normalized spacial score (nSPS) is 16.6. The first-order chi connectivity index (χ1) is 13.1. The van der Waals surface area contributed by atoms with Crippen LogP contribution in [0.25, 0.3) is 0 Å². The molecule has 1 atom stereocenters. The number of hydrogen-bond acceptors (Lipinski definition) is 5. The van der Waals surface area contributed by atoms with E-state index in [1.165, 1.54) is 11.1 Å². The molecular weight excluding hydrogens is 354 g/mol. The van der Waals surface area contributed by atoms with Crippen LogP contribution in [0.5, 0.6) is 0 Å². The van der Waals surface area contributed by atoms with Gasteiger partial charge in [-0.1, -0.05) is 30.3 Å². The van der Waals surface area contributed by atoms with Crippen LogP contribution >= 0.6 is 11.3 Å². The zero-order valence-electron chi connectivity index (χ0n) is 15.6. The maximum Gasteiger partial charge on any atom is 0.198 e. The fourth-order valence-electron chi connectivity index (χ4n) is 3.27. The Labute approximate surface area is 163 Å². The molecule has 1 aliphatic heterocycles. The molecule has 0 N–H and O–H groups in total. The van der Waals surface area contributed by atoms with Crippen molar-refractivity contribution < 1.29 is 4.79 Å². The van der Waals surface area contributed by atoms with E-state index in [1.54, 1.807) is 18.3 Å². The third-order valence-electron chi connectivity index (χ3n) is 4.81. The Balaban J connectivity index is 1.89. The topological polar surface area (TPSA) is 35.9 Å². The maximum atomic E-state index is 12.5. The second-order valence-corrected chi connectivity index (χ2v) is 7.67. The van der Waals surface area contributed by atoms with E-state index in [4.69, 9.17) is 5.10 Å². The largest absolute Gasteiger partial charge is 0.294 e. The van der Waals surface area contributed by atoms with Gasteiger partial charge in [0, 0.05) is 17.5 Å². The lowest BCUT2D eigenvalue weighted by atomic mass is 10.1. The lowest BCUT2D eigenvalue weighted by Gasteiger charge is -2.31. The molecule has 27 heavy (non-hydrogen) atoms. The van der Waals surface area contributed by atoms with Crippen LogP contribution in [0.15, 0.2) is 71.1 Å². The summed E-state index contributed by atoms with van der Waals surface area (Å²) in [5.74, 6) is 0.411. The molecule has 0 aliphatic carbocycles. The Morgan fingerprint density at radius 2 is 1.74 bits per heavy atom. The molecule has 3 aromatic rings. The number of Topliss-reactive ketones (excluding diaryl/α,β-unsaturated/α-hetero) is 1. The quantitative estimate of drug-likeness (QED) is 0.621. The van der Waals surface area contributed by atoms with Crippen molar-refractivity contribution >= 4 is 34.3 Å². The molecule has 4 nitrogen and oxygen atoms in total. The van der Waals surface area contributed by atoms with Gasteiger partial charge in [-0.25, -0.2) is 5.01 Å². The van der Waals surface area contributed by atoms with Gasteiger partial charge in [0.05, 0.1) is 5.69 Å². The van der Waals surface area contributed by atoms with Gasteiger partial charge in [-0.3, -0.25) is 9.69 Å². The lowest BCUT2D eigenvalue weighted by Crippen LogP contribution is -2.37. The van der Waals surface area contributed by atoms with Crippen LogP contribution in [0.2, 0.25) is 0 Å². The predicted octanol–water partition coefficient (Wildman–Crippen LogP) is 5.29. The number of ketones is 1. The van der Waals surface area contributed by atoms with E-state index in [0.29, 0.717) is 5.84 Å². The van der Waals surface area contributed by atoms with E-state index in [0.717, 1.165) is 16.3 Å². The number of thiophene rings is 1. The molecule has 0 amide bonds. The van der Waals surface area contributed by atoms with Gasteiger partial charge >= 0.3 is 0 Å². The van der Waals surface area contributed by atoms with Crippen molar-refractivity contribution in [2.75, 3.05) is 9.91 Å². The molecule has 0 radical (unpaired) electrons. The van der Waals surface area contributed by atoms with Crippen LogP contribution in [-0.4, -0.2) is 11.6 Å². The van der Waals surface area contributed by atoms with Crippen molar-refractivity contribution in [3.63, 3.8) is 0 Å². The van der Waals surface area contributed by atoms with Crippen LogP contribution < -0.4 is 9.91 Å². The average Bonchev–Trinajstić information content (AvgIpc) is 3.32. The van der Waals surface area contributed by atoms with Crippen molar-refractivity contribution in [1.29, 1.82) is 0 Å². The fraction of sp³-hybridized carbons (Fsp3) is 0.182. The summed E-state index contributed by atoms with van der Waals surface area (Å²) in [6.45, 7) is 5.76. The number of anilines is 2. The lowest BCUT2D eigenvalue weighted by molar-refractivity contribution is -0.111. The van der Waals surface area contributed by atoms with E-state index < -0.39 is 0 Å². The van der Waals surface area contributed by atoms with Crippen molar-refractivity contribution in [1.82, 2.24) is 0 Å². The molecule has 0 bridgehead atoms. The Morgan fingerprint density at radius 1 is 0.963 bits per heavy atom. The zero-order chi connectivity index (χ0) is 19.0. The van der Waals surface area contributed by atoms with Crippen LogP contribution in [0.3, 0.4) is 0 Å². The molecule has 4 rings (SSSR count). The first-order valence-electron chi connectivity index (χ1n) is 8.90. The van der Waals surface area contributed by atoms with E-state index >= 15 is 0 Å². The highest BCUT2D eigenvalue weighted by Crippen LogP contribution is 2.40. The summed E-state index contributed by atoms with van der Waals surface area (Å²) in [5.41, 5.74) is 4.36. The number of hydrogen-bond donors (Lipinski definition) is 0. The number of hydrazone groups is 1. The predicted molar refractivity (Wildman–Crippen MR) is 112 cm³/mol. The third-order valence-corrected chi connectivity index (χ3v) is 5.72. The molecule has 0 saturated carbocycles. The number of amidine groups is 1. The van der Waals surface area contributed by atoms with Gasteiger partial charge in [0.25, 0.3) is 0 Å². The zero-order valence-corrected chi connectivity index (χ0v) is 16.4. The monoisotopic (exact) mass is 375 g/mol. The summed E-state index contributed by atoms with van der Waals surface area (Å²) in [5, 5.41) is 8.74. The van der Waals surface area contributed by atoms with Crippen LogP contribution in [0, 0.1) is 13.8 Å². The number of para-hydroxylation sites is 1. The number of carbonyl (C=O) groups is 1. The molecule has 1 aliphatic rings. The van der Waals surface area contributed by atoms with Gasteiger partial charge in [0.1, 0.15) is 0 Å². The minimum Gasteiger partial charge on any atom is -0.294 e. The van der Waals surface area contributed by atoms with Crippen LogP contribution in [0.4, 0.5) is 11.4 Å². The molecule has 0 saturated heterocycles. The molecule has 5 heteroatoms. The van der Waals surface area contributed by atoms with Gasteiger partial charge in [0.15, 0.2) is 17.8 Å². The molecular formula is C22H21N3OS. The number of nitrogens with zero attached hydrogens (tertiary/aromatic N) is 3. The van der Waals surface area contributed by atoms with Crippen molar-refractivity contribution in [3.05, 3.63) is 82.0 Å². The molecule has 136 valence electrons. The third kappa shape index (κ3) is 3.15. The van der Waals surface area contributed by atoms with Crippen molar-refractivity contribution in [3.8, 4) is 0 Å². The highest BCUT2D eigenvalue weighted by molar-refractivity contribution is 7.10. The summed E-state index contributed by atoms with van der Waals surface area (Å²) in [6, 6.07) is 20.4. The molecule has 1 aromatic heterocycles. The van der Waals surface area contributed by atoms with Gasteiger partial charge in [-0.2, -0.15) is 0 Å². The Morgan fingerprint density at radius 3 is 2.37 bits per heavy atom. The summed E-state index contributed by atoms with van der Waals surface area (Å²) in [7, 11) is 0. The Bertz CT molecular complexity index is 996. The minimum atomic E-state index is -0.187. The van der Waals surface area contributed by atoms with Gasteiger partial charge in [-0.15, -0.1) is 16.4 Å². The van der Waals surface area contributed by atoms with E-state index in [-0.39, 0.29) is 11.9 Å². The molecule has 0 unspecified atom stereocenters. The van der Waals surface area contributed by atoms with E-state index in [9.17, 15) is 4.79 Å². The smallest absolute Gasteiger partial charge is 0.198 e. The standard InChI is InChI=1S/C22H21N3OS/c1-15-11-12-19(14-16(15)2)24-21(17(3)26)23-25(18-8-5-4-6-9-18)22(24)20-10-7-13-27-20/h4-14,22H,1-3H3/t22-/m0/s1. The van der Waals surface area contributed by atoms with Crippen LogP contribution in [-0.2, 0) is 4.79 Å². The molecule has 2 aromatic carbocycles. The molecule has 0 spiro atoms. The first kappa shape index (κ1) is 17.5. The maximum absolute atomic E-state index is 12.5. The molecule has 0 fully saturated rings. The summed E-state index contributed by atoms with van der Waals surface area (Å²) in [4.78, 5) is 15.7. The minimum absolute atomic E-state index is 0.0479. The van der Waals surface area contributed by atoms with Crippen molar-refractivity contribution in [2.45, 2.75) is 26.9 Å². The highest BCUT2D eigenvalue weighted by Gasteiger charge is 2.39. The van der Waals surface area contributed by atoms with Gasteiger partial charge in [0.2, 0.25) is 0 Å². The second kappa shape index (κ2) is 7.00. The summed E-state index contributed by atoms with van der Waals surface area (Å²) < 4.78 is 0. The van der Waals surface area contributed by atoms with Gasteiger partial charge in [-0.05, 0) is 60.7 Å². The average molecular weight is 375 g/mol. The number of aryl methyl sites for hydroxylation is 2. The number of carbonyl (C=O) groups excluding carboxylic acids is 1. The first-order valence-corrected chi connectivity index (χ1v) is 9.78. The van der Waals surface area contributed by atoms with Crippen molar-refractivity contribution in [2.24, 2.45) is 5.10 Å². The van der Waals surface area contributed by atoms with Gasteiger partial charge < -0.3 is 0 Å². The Hall–Kier alpha value is -2.92. The van der Waals surface area contributed by atoms with E-state index in [1.807, 2.05) is 46.3 Å². The Kier molecular flexibility index (Phi) is 4.54. The summed E-state index contributed by atoms with van der Waals surface area (Å²) >= 11 is 1.67. The van der Waals surface area contributed by atoms with Crippen LogP contribution in [0.1, 0.15) is 29.1 Å². The second-order valence-electron chi connectivity index (χ2n) is 6.69. The van der Waals surface area contributed by atoms with E-state index in [2.05, 4.69) is 43.5 Å². The summed E-state index contributed by atoms with van der Waals surface area (Å²) in [6.07, 6.45) is -0.187. The SMILES string of the molecule is CC(=O)C1=NN(c2ccccc2)[C@@H](c2cccs2)N1c1ccc(C)c(C)c1. The number of benzene rings is 2. The fourth-order valence-corrected chi connectivity index (χ4v) is 4.07.